The molecule has 118 valence electrons. The number of benzene rings is 1. The monoisotopic (exact) mass is 301 g/mol. The third-order valence-electron chi connectivity index (χ3n) is 4.19. The smallest absolute Gasteiger partial charge is 0.404 e. The van der Waals surface area contributed by atoms with Gasteiger partial charge in [0.2, 0.25) is 0 Å². The van der Waals surface area contributed by atoms with E-state index in [9.17, 15) is 13.2 Å². The van der Waals surface area contributed by atoms with Crippen LogP contribution in [0.1, 0.15) is 39.5 Å². The molecule has 21 heavy (non-hydrogen) atoms. The molecule has 1 aliphatic carbocycles. The number of para-hydroxylation sites is 2. The summed E-state index contributed by atoms with van der Waals surface area (Å²) in [6.45, 7) is 4.45. The van der Waals surface area contributed by atoms with Crippen molar-refractivity contribution in [2.45, 2.75) is 51.9 Å². The highest BCUT2D eigenvalue weighted by Crippen LogP contribution is 2.34. The quantitative estimate of drug-likeness (QED) is 0.824. The fraction of sp³-hybridized carbons (Fsp3) is 0.625. The standard InChI is InChI=1S/C16H22F3NO/c1-11(2)12-7-9-13(10-8-12)20-14-5-3-4-6-15(14)21-16(17,18)19/h3-6,11-13,20H,7-10H2,1-2H3. The van der Waals surface area contributed by atoms with Crippen LogP contribution in [-0.2, 0) is 0 Å². The van der Waals surface area contributed by atoms with E-state index in [2.05, 4.69) is 23.9 Å². The van der Waals surface area contributed by atoms with Crippen molar-refractivity contribution in [3.8, 4) is 5.75 Å². The average molecular weight is 301 g/mol. The summed E-state index contributed by atoms with van der Waals surface area (Å²) in [5.41, 5.74) is 0.419. The van der Waals surface area contributed by atoms with Crippen LogP contribution in [0, 0.1) is 11.8 Å². The van der Waals surface area contributed by atoms with Crippen LogP contribution in [0.2, 0.25) is 0 Å². The summed E-state index contributed by atoms with van der Waals surface area (Å²) in [5, 5.41) is 3.21. The van der Waals surface area contributed by atoms with E-state index in [4.69, 9.17) is 0 Å². The lowest BCUT2D eigenvalue weighted by Gasteiger charge is -2.32. The first-order valence-corrected chi connectivity index (χ1v) is 7.46. The molecule has 0 heterocycles. The molecule has 0 aromatic heterocycles. The molecule has 0 aliphatic heterocycles. The van der Waals surface area contributed by atoms with Gasteiger partial charge in [-0.2, -0.15) is 0 Å². The molecule has 0 radical (unpaired) electrons. The first-order chi connectivity index (χ1) is 9.85. The maximum absolute atomic E-state index is 12.4. The largest absolute Gasteiger partial charge is 0.573 e. The maximum Gasteiger partial charge on any atom is 0.573 e. The Morgan fingerprint density at radius 2 is 1.71 bits per heavy atom. The van der Waals surface area contributed by atoms with Gasteiger partial charge in [-0.05, 0) is 49.7 Å². The Bertz CT molecular complexity index is 451. The molecule has 0 saturated heterocycles. The lowest BCUT2D eigenvalue weighted by atomic mass is 9.79. The first kappa shape index (κ1) is 16.0. The molecule has 1 aromatic carbocycles. The molecule has 1 aliphatic rings. The number of hydrogen-bond donors (Lipinski definition) is 1. The van der Waals surface area contributed by atoms with Crippen molar-refractivity contribution >= 4 is 5.69 Å². The molecule has 1 fully saturated rings. The highest BCUT2D eigenvalue weighted by atomic mass is 19.4. The summed E-state index contributed by atoms with van der Waals surface area (Å²) in [7, 11) is 0. The minimum absolute atomic E-state index is 0.156. The lowest BCUT2D eigenvalue weighted by Crippen LogP contribution is -2.28. The van der Waals surface area contributed by atoms with Crippen LogP contribution in [0.15, 0.2) is 24.3 Å². The Morgan fingerprint density at radius 1 is 1.10 bits per heavy atom. The van der Waals surface area contributed by atoms with Gasteiger partial charge in [-0.15, -0.1) is 13.2 Å². The zero-order valence-electron chi connectivity index (χ0n) is 12.4. The van der Waals surface area contributed by atoms with Gasteiger partial charge in [-0.3, -0.25) is 0 Å². The molecule has 0 spiro atoms. The van der Waals surface area contributed by atoms with Crippen LogP contribution < -0.4 is 10.1 Å². The number of ether oxygens (including phenoxy) is 1. The molecule has 0 amide bonds. The van der Waals surface area contributed by atoms with Crippen LogP contribution in [0.5, 0.6) is 5.75 Å². The Morgan fingerprint density at radius 3 is 2.29 bits per heavy atom. The molecule has 1 aromatic rings. The van der Waals surface area contributed by atoms with Crippen LogP contribution in [-0.4, -0.2) is 12.4 Å². The van der Waals surface area contributed by atoms with E-state index in [-0.39, 0.29) is 11.8 Å². The van der Waals surface area contributed by atoms with Crippen molar-refractivity contribution in [2.75, 3.05) is 5.32 Å². The predicted molar refractivity (Wildman–Crippen MR) is 77.3 cm³/mol. The van der Waals surface area contributed by atoms with Gasteiger partial charge in [0.05, 0.1) is 5.69 Å². The second kappa shape index (κ2) is 6.58. The minimum Gasteiger partial charge on any atom is -0.404 e. The number of anilines is 1. The molecule has 0 bridgehead atoms. The number of halogens is 3. The third kappa shape index (κ3) is 4.83. The van der Waals surface area contributed by atoms with E-state index in [0.717, 1.165) is 31.6 Å². The highest BCUT2D eigenvalue weighted by Gasteiger charge is 2.32. The fourth-order valence-electron chi connectivity index (χ4n) is 2.95. The second-order valence-electron chi connectivity index (χ2n) is 6.04. The van der Waals surface area contributed by atoms with Gasteiger partial charge in [0, 0.05) is 6.04 Å². The number of nitrogens with one attached hydrogen (secondary N) is 1. The van der Waals surface area contributed by atoms with Gasteiger partial charge < -0.3 is 10.1 Å². The molecule has 0 atom stereocenters. The van der Waals surface area contributed by atoms with Crippen LogP contribution in [0.25, 0.3) is 0 Å². The number of alkyl halides is 3. The zero-order chi connectivity index (χ0) is 15.5. The molecule has 2 nitrogen and oxygen atoms in total. The van der Waals surface area contributed by atoms with E-state index in [1.54, 1.807) is 18.2 Å². The summed E-state index contributed by atoms with van der Waals surface area (Å²) in [6, 6.07) is 6.45. The summed E-state index contributed by atoms with van der Waals surface area (Å²) in [6.07, 6.45) is -0.436. The topological polar surface area (TPSA) is 21.3 Å². The van der Waals surface area contributed by atoms with E-state index in [0.29, 0.717) is 11.6 Å². The lowest BCUT2D eigenvalue weighted by molar-refractivity contribution is -0.274. The highest BCUT2D eigenvalue weighted by molar-refractivity contribution is 5.56. The van der Waals surface area contributed by atoms with Crippen molar-refractivity contribution in [1.82, 2.24) is 0 Å². The fourth-order valence-corrected chi connectivity index (χ4v) is 2.95. The zero-order valence-corrected chi connectivity index (χ0v) is 12.4. The predicted octanol–water partition coefficient (Wildman–Crippen LogP) is 5.21. The van der Waals surface area contributed by atoms with Crippen molar-refractivity contribution in [3.63, 3.8) is 0 Å². The van der Waals surface area contributed by atoms with Crippen molar-refractivity contribution in [1.29, 1.82) is 0 Å². The van der Waals surface area contributed by atoms with Gasteiger partial charge in [0.1, 0.15) is 0 Å². The van der Waals surface area contributed by atoms with Gasteiger partial charge in [-0.25, -0.2) is 0 Å². The van der Waals surface area contributed by atoms with Crippen LogP contribution in [0.3, 0.4) is 0 Å². The van der Waals surface area contributed by atoms with Crippen molar-refractivity contribution in [3.05, 3.63) is 24.3 Å². The Labute approximate surface area is 123 Å². The van der Waals surface area contributed by atoms with Gasteiger partial charge >= 0.3 is 6.36 Å². The van der Waals surface area contributed by atoms with E-state index < -0.39 is 6.36 Å². The average Bonchev–Trinajstić information content (AvgIpc) is 2.40. The van der Waals surface area contributed by atoms with Crippen molar-refractivity contribution < 1.29 is 17.9 Å². The van der Waals surface area contributed by atoms with E-state index in [1.807, 2.05) is 0 Å². The minimum atomic E-state index is -4.66. The summed E-state index contributed by atoms with van der Waals surface area (Å²) in [4.78, 5) is 0. The summed E-state index contributed by atoms with van der Waals surface area (Å²) < 4.78 is 41.2. The molecule has 5 heteroatoms. The van der Waals surface area contributed by atoms with Crippen molar-refractivity contribution in [2.24, 2.45) is 11.8 Å². The Balaban J connectivity index is 1.98. The van der Waals surface area contributed by atoms with Crippen LogP contribution in [0.4, 0.5) is 18.9 Å². The van der Waals surface area contributed by atoms with Gasteiger partial charge in [0.25, 0.3) is 0 Å². The number of rotatable bonds is 4. The third-order valence-corrected chi connectivity index (χ3v) is 4.19. The van der Waals surface area contributed by atoms with Crippen LogP contribution >= 0.6 is 0 Å². The maximum atomic E-state index is 12.4. The normalized spacial score (nSPS) is 23.1. The first-order valence-electron chi connectivity index (χ1n) is 7.46. The summed E-state index contributed by atoms with van der Waals surface area (Å²) in [5.74, 6) is 1.24. The Kier molecular flexibility index (Phi) is 5.01. The van der Waals surface area contributed by atoms with Gasteiger partial charge in [-0.1, -0.05) is 26.0 Å². The SMILES string of the molecule is CC(C)C1CCC(Nc2ccccc2OC(F)(F)F)CC1. The molecule has 2 rings (SSSR count). The second-order valence-corrected chi connectivity index (χ2v) is 6.04. The van der Waals surface area contributed by atoms with E-state index >= 15 is 0 Å². The van der Waals surface area contributed by atoms with Gasteiger partial charge in [0.15, 0.2) is 5.75 Å². The molecule has 1 saturated carbocycles. The Hall–Kier alpha value is -1.39. The molecule has 1 N–H and O–H groups in total. The van der Waals surface area contributed by atoms with E-state index in [1.165, 1.54) is 6.07 Å². The molecular formula is C16H22F3NO. The summed E-state index contributed by atoms with van der Waals surface area (Å²) >= 11 is 0. The molecule has 0 unspecified atom stereocenters. The number of hydrogen-bond acceptors (Lipinski definition) is 2. The molecular weight excluding hydrogens is 279 g/mol.